The molecule has 6 nitrogen and oxygen atoms in total. The van der Waals surface area contributed by atoms with E-state index in [0.717, 1.165) is 32.1 Å². The molecule has 0 aromatic carbocycles. The van der Waals surface area contributed by atoms with Gasteiger partial charge < -0.3 is 9.05 Å². The zero-order valence-corrected chi connectivity index (χ0v) is 13.3. The first-order valence-electron chi connectivity index (χ1n) is 6.70. The normalized spacial score (nSPS) is 18.6. The third-order valence-electron chi connectivity index (χ3n) is 2.80. The maximum absolute atomic E-state index is 12.2. The average molecular weight is 314 g/mol. The Morgan fingerprint density at radius 1 is 1.05 bits per heavy atom. The fourth-order valence-corrected chi connectivity index (χ4v) is 5.96. The lowest BCUT2D eigenvalue weighted by Gasteiger charge is -2.23. The van der Waals surface area contributed by atoms with Crippen LogP contribution in [0.4, 0.5) is 0 Å². The van der Waals surface area contributed by atoms with Crippen LogP contribution in [0.1, 0.15) is 46.0 Å². The van der Waals surface area contributed by atoms with Gasteiger partial charge in [0.25, 0.3) is 10.1 Å². The van der Waals surface area contributed by atoms with E-state index in [1.54, 1.807) is 13.8 Å². The van der Waals surface area contributed by atoms with Crippen molar-refractivity contribution in [2.24, 2.45) is 0 Å². The molecule has 0 heterocycles. The van der Waals surface area contributed by atoms with Crippen LogP contribution in [0.5, 0.6) is 0 Å². The van der Waals surface area contributed by atoms with E-state index in [1.165, 1.54) is 0 Å². The smallest absolute Gasteiger partial charge is 0.308 e. The molecule has 0 bridgehead atoms. The van der Waals surface area contributed by atoms with Crippen LogP contribution in [0.25, 0.3) is 0 Å². The van der Waals surface area contributed by atoms with Gasteiger partial charge in [0.15, 0.2) is 5.49 Å². The van der Waals surface area contributed by atoms with Crippen LogP contribution in [0.2, 0.25) is 0 Å². The summed E-state index contributed by atoms with van der Waals surface area (Å²) in [5.41, 5.74) is -0.710. The monoisotopic (exact) mass is 314 g/mol. The van der Waals surface area contributed by atoms with E-state index in [4.69, 9.17) is 13.2 Å². The van der Waals surface area contributed by atoms with Crippen LogP contribution in [0, 0.1) is 0 Å². The molecule has 1 fully saturated rings. The van der Waals surface area contributed by atoms with Crippen molar-refractivity contribution in [3.05, 3.63) is 0 Å². The van der Waals surface area contributed by atoms with Crippen molar-refractivity contribution < 1.29 is 26.2 Å². The molecule has 19 heavy (non-hydrogen) atoms. The van der Waals surface area contributed by atoms with Crippen molar-refractivity contribution in [3.8, 4) is 0 Å². The molecule has 0 unspecified atom stereocenters. The highest BCUT2D eigenvalue weighted by Gasteiger charge is 2.34. The fraction of sp³-hybridized carbons (Fsp3) is 1.00. The zero-order valence-electron chi connectivity index (χ0n) is 11.5. The Morgan fingerprint density at radius 2 is 1.58 bits per heavy atom. The molecule has 1 aliphatic rings. The van der Waals surface area contributed by atoms with Crippen LogP contribution < -0.4 is 0 Å². The van der Waals surface area contributed by atoms with Gasteiger partial charge >= 0.3 is 7.60 Å². The molecular weight excluding hydrogens is 291 g/mol. The summed E-state index contributed by atoms with van der Waals surface area (Å²) in [6, 6.07) is 0. The van der Waals surface area contributed by atoms with Crippen LogP contribution in [-0.4, -0.2) is 33.2 Å². The first-order chi connectivity index (χ1) is 8.91. The van der Waals surface area contributed by atoms with E-state index in [1.807, 2.05) is 0 Å². The lowest BCUT2D eigenvalue weighted by atomic mass is 9.98. The number of rotatable bonds is 8. The lowest BCUT2D eigenvalue weighted by Crippen LogP contribution is -2.23. The third-order valence-corrected chi connectivity index (χ3v) is 7.20. The third kappa shape index (κ3) is 6.36. The summed E-state index contributed by atoms with van der Waals surface area (Å²) in [5.74, 6) is 0. The summed E-state index contributed by atoms with van der Waals surface area (Å²) in [7, 11) is -7.52. The Hall–Kier alpha value is 0.0600. The lowest BCUT2D eigenvalue weighted by molar-refractivity contribution is 0.162. The molecule has 0 spiro atoms. The van der Waals surface area contributed by atoms with Gasteiger partial charge in [-0.3, -0.25) is 8.75 Å². The van der Waals surface area contributed by atoms with Crippen LogP contribution >= 0.6 is 7.60 Å². The van der Waals surface area contributed by atoms with Crippen molar-refractivity contribution in [2.45, 2.75) is 52.1 Å². The van der Waals surface area contributed by atoms with Crippen molar-refractivity contribution in [2.75, 3.05) is 18.7 Å². The first-order valence-corrected chi connectivity index (χ1v) is 10.0. The van der Waals surface area contributed by atoms with Crippen LogP contribution in [-0.2, 0) is 27.9 Å². The van der Waals surface area contributed by atoms with Gasteiger partial charge in [-0.15, -0.1) is 0 Å². The molecule has 8 heteroatoms. The Bertz CT molecular complexity index is 391. The van der Waals surface area contributed by atoms with Crippen molar-refractivity contribution in [1.82, 2.24) is 0 Å². The van der Waals surface area contributed by atoms with Gasteiger partial charge in [0, 0.05) is 0 Å². The summed E-state index contributed by atoms with van der Waals surface area (Å²) >= 11 is 0. The minimum Gasteiger partial charge on any atom is -0.308 e. The molecule has 114 valence electrons. The van der Waals surface area contributed by atoms with Gasteiger partial charge in [-0.2, -0.15) is 8.42 Å². The highest BCUT2D eigenvalue weighted by molar-refractivity contribution is 7.93. The average Bonchev–Trinajstić information content (AvgIpc) is 2.28. The minimum atomic E-state index is -3.90. The number of hydrogen-bond acceptors (Lipinski definition) is 6. The summed E-state index contributed by atoms with van der Waals surface area (Å²) in [6.07, 6.45) is 4.20. The molecule has 0 aliphatic heterocycles. The first kappa shape index (κ1) is 17.1. The second-order valence-electron chi connectivity index (χ2n) is 4.49. The maximum Gasteiger partial charge on any atom is 0.348 e. The van der Waals surface area contributed by atoms with Gasteiger partial charge in [0.05, 0.1) is 19.3 Å². The fourth-order valence-electron chi connectivity index (χ4n) is 2.10. The van der Waals surface area contributed by atoms with E-state index < -0.39 is 23.2 Å². The standard InChI is InChI=1S/C11H23O6PS/c1-3-15-18(12,16-4-2)10-19(13,14)17-11-8-6-5-7-9-11/h11H,3-10H2,1-2H3. The molecule has 0 N–H and O–H groups in total. The predicted molar refractivity (Wildman–Crippen MR) is 72.6 cm³/mol. The second kappa shape index (κ2) is 7.74. The van der Waals surface area contributed by atoms with E-state index in [9.17, 15) is 13.0 Å². The zero-order chi connectivity index (χ0) is 14.4. The van der Waals surface area contributed by atoms with Gasteiger partial charge in [-0.25, -0.2) is 0 Å². The topological polar surface area (TPSA) is 78.9 Å². The van der Waals surface area contributed by atoms with Gasteiger partial charge in [-0.05, 0) is 26.7 Å². The largest absolute Gasteiger partial charge is 0.348 e. The van der Waals surface area contributed by atoms with Crippen molar-refractivity contribution >= 4 is 17.7 Å². The van der Waals surface area contributed by atoms with Crippen LogP contribution in [0.3, 0.4) is 0 Å². The SMILES string of the molecule is CCOP(=O)(CS(=O)(=O)OC1CCCCC1)OCC. The van der Waals surface area contributed by atoms with E-state index in [2.05, 4.69) is 0 Å². The summed E-state index contributed by atoms with van der Waals surface area (Å²) in [6.45, 7) is 3.55. The van der Waals surface area contributed by atoms with E-state index >= 15 is 0 Å². The Labute approximate surface area is 115 Å². The molecule has 0 aromatic rings. The molecule has 0 atom stereocenters. The second-order valence-corrected chi connectivity index (χ2v) is 8.57. The van der Waals surface area contributed by atoms with Gasteiger partial charge in [0.1, 0.15) is 0 Å². The molecule has 1 aliphatic carbocycles. The predicted octanol–water partition coefficient (Wildman–Crippen LogP) is 2.89. The van der Waals surface area contributed by atoms with Crippen molar-refractivity contribution in [3.63, 3.8) is 0 Å². The Morgan fingerprint density at radius 3 is 2.05 bits per heavy atom. The summed E-state index contributed by atoms with van der Waals surface area (Å²) in [4.78, 5) is 0. The molecule has 0 amide bonds. The summed E-state index contributed by atoms with van der Waals surface area (Å²) in [5, 5.41) is 0. The molecular formula is C11H23O6PS. The number of hydrogen-bond donors (Lipinski definition) is 0. The molecule has 1 saturated carbocycles. The molecule has 0 saturated heterocycles. The summed E-state index contributed by atoms with van der Waals surface area (Å²) < 4.78 is 51.0. The maximum atomic E-state index is 12.2. The van der Waals surface area contributed by atoms with Crippen molar-refractivity contribution in [1.29, 1.82) is 0 Å². The Kier molecular flexibility index (Phi) is 6.97. The highest BCUT2D eigenvalue weighted by Crippen LogP contribution is 2.49. The van der Waals surface area contributed by atoms with Gasteiger partial charge in [-0.1, -0.05) is 19.3 Å². The van der Waals surface area contributed by atoms with E-state index in [-0.39, 0.29) is 19.3 Å². The quantitative estimate of drug-likeness (QED) is 0.506. The minimum absolute atomic E-state index is 0.135. The van der Waals surface area contributed by atoms with Crippen LogP contribution in [0.15, 0.2) is 0 Å². The van der Waals surface area contributed by atoms with Gasteiger partial charge in [0.2, 0.25) is 0 Å². The Balaban J connectivity index is 2.62. The molecule has 1 rings (SSSR count). The van der Waals surface area contributed by atoms with E-state index in [0.29, 0.717) is 0 Å². The molecule has 0 radical (unpaired) electrons. The molecule has 0 aromatic heterocycles. The highest BCUT2D eigenvalue weighted by atomic mass is 32.2.